The van der Waals surface area contributed by atoms with Crippen LogP contribution in [0.2, 0.25) is 0 Å². The third kappa shape index (κ3) is 2.79. The van der Waals surface area contributed by atoms with Gasteiger partial charge in [-0.1, -0.05) is 26.0 Å². The number of benzene rings is 1. The summed E-state index contributed by atoms with van der Waals surface area (Å²) < 4.78 is 5.44. The number of aliphatic imine (C=N–C) groups is 1. The fraction of sp³-hybridized carbons (Fsp3) is 0.368. The topological polar surface area (TPSA) is 97.7 Å². The van der Waals surface area contributed by atoms with Crippen molar-refractivity contribution in [3.05, 3.63) is 52.3 Å². The maximum atomic E-state index is 13.0. The Balaban J connectivity index is 1.84. The number of anilines is 1. The summed E-state index contributed by atoms with van der Waals surface area (Å²) >= 11 is 0. The van der Waals surface area contributed by atoms with Gasteiger partial charge in [0.05, 0.1) is 29.4 Å². The number of hydrogen-bond donors (Lipinski definition) is 1. The van der Waals surface area contributed by atoms with Crippen LogP contribution in [0.15, 0.2) is 45.8 Å². The van der Waals surface area contributed by atoms with E-state index in [1.165, 1.54) is 6.07 Å². The summed E-state index contributed by atoms with van der Waals surface area (Å²) in [5.41, 5.74) is 2.18. The van der Waals surface area contributed by atoms with Gasteiger partial charge in [0.15, 0.2) is 0 Å². The van der Waals surface area contributed by atoms with E-state index < -0.39 is 16.9 Å². The number of furan rings is 1. The van der Waals surface area contributed by atoms with Crippen LogP contribution < -0.4 is 5.32 Å². The zero-order chi connectivity index (χ0) is 18.5. The third-order valence-electron chi connectivity index (χ3n) is 4.93. The molecule has 0 saturated heterocycles. The van der Waals surface area contributed by atoms with E-state index in [1.807, 2.05) is 24.3 Å². The van der Waals surface area contributed by atoms with Gasteiger partial charge in [-0.3, -0.25) is 19.9 Å². The Morgan fingerprint density at radius 2 is 2.00 bits per heavy atom. The van der Waals surface area contributed by atoms with Crippen LogP contribution in [-0.2, 0) is 4.79 Å². The van der Waals surface area contributed by atoms with Gasteiger partial charge in [0.2, 0.25) is 0 Å². The molecule has 7 heteroatoms. The average Bonchev–Trinajstić information content (AvgIpc) is 2.98. The highest BCUT2D eigenvalue weighted by atomic mass is 16.6. The van der Waals surface area contributed by atoms with Gasteiger partial charge in [-0.15, -0.1) is 0 Å². The summed E-state index contributed by atoms with van der Waals surface area (Å²) in [5.74, 6) is -0.383. The first-order chi connectivity index (χ1) is 12.3. The number of nitrogens with one attached hydrogen (secondary N) is 1. The van der Waals surface area contributed by atoms with Crippen molar-refractivity contribution in [2.45, 2.75) is 32.7 Å². The zero-order valence-corrected chi connectivity index (χ0v) is 14.6. The smallest absolute Gasteiger partial charge is 0.404 e. The first kappa shape index (κ1) is 16.5. The van der Waals surface area contributed by atoms with Gasteiger partial charge in [-0.05, 0) is 30.0 Å². The molecule has 1 aromatic heterocycles. The molecule has 1 fully saturated rings. The lowest BCUT2D eigenvalue weighted by atomic mass is 9.68. The Bertz CT molecular complexity index is 928. The van der Waals surface area contributed by atoms with E-state index in [-0.39, 0.29) is 17.1 Å². The minimum absolute atomic E-state index is 0.0735. The van der Waals surface area contributed by atoms with Gasteiger partial charge in [0.1, 0.15) is 16.5 Å². The highest BCUT2D eigenvalue weighted by molar-refractivity contribution is 6.10. The van der Waals surface area contributed by atoms with E-state index in [2.05, 4.69) is 19.2 Å². The van der Waals surface area contributed by atoms with Crippen LogP contribution in [0.5, 0.6) is 0 Å². The fourth-order valence-corrected chi connectivity index (χ4v) is 3.86. The molecule has 2 atom stereocenters. The second kappa shape index (κ2) is 5.79. The molecule has 1 saturated carbocycles. The molecule has 0 radical (unpaired) electrons. The molecule has 2 aliphatic rings. The number of carbonyl (C=O) groups is 1. The third-order valence-corrected chi connectivity index (χ3v) is 4.93. The lowest BCUT2D eigenvalue weighted by Crippen LogP contribution is -2.42. The lowest BCUT2D eigenvalue weighted by Gasteiger charge is -2.36. The van der Waals surface area contributed by atoms with Crippen molar-refractivity contribution < 1.29 is 14.1 Å². The molecular weight excluding hydrogens is 334 g/mol. The van der Waals surface area contributed by atoms with E-state index in [9.17, 15) is 14.9 Å². The van der Waals surface area contributed by atoms with Gasteiger partial charge in [0.25, 0.3) is 0 Å². The summed E-state index contributed by atoms with van der Waals surface area (Å²) in [5, 5.41) is 14.3. The van der Waals surface area contributed by atoms with Crippen molar-refractivity contribution in [3.8, 4) is 0 Å². The monoisotopic (exact) mass is 353 g/mol. The molecule has 1 aliphatic carbocycles. The first-order valence-electron chi connectivity index (χ1n) is 8.54. The molecule has 0 bridgehead atoms. The summed E-state index contributed by atoms with van der Waals surface area (Å²) in [6.45, 7) is 4.11. The van der Waals surface area contributed by atoms with Crippen LogP contribution in [0.25, 0.3) is 0 Å². The van der Waals surface area contributed by atoms with Crippen molar-refractivity contribution in [3.63, 3.8) is 0 Å². The number of rotatable bonds is 2. The van der Waals surface area contributed by atoms with Crippen molar-refractivity contribution >= 4 is 28.8 Å². The number of para-hydroxylation sites is 2. The first-order valence-corrected chi connectivity index (χ1v) is 8.54. The standard InChI is InChI=1S/C19H19N3O4/c1-19(2)9-13-17(14(23)10-19)18(15-7-8-16(26-15)22(24)25)21-12-6-4-3-5-11(12)20-13/h3-8,17-18,21H,9-10H2,1-2H3/t17?,18-/m1/s1. The summed E-state index contributed by atoms with van der Waals surface area (Å²) in [7, 11) is 0. The van der Waals surface area contributed by atoms with Crippen LogP contribution in [0.3, 0.4) is 0 Å². The number of Topliss-reactive ketones (excluding diaryl/α,β-unsaturated/α-hetero) is 1. The lowest BCUT2D eigenvalue weighted by molar-refractivity contribution is -0.402. The maximum absolute atomic E-state index is 13.0. The molecule has 4 rings (SSSR count). The van der Waals surface area contributed by atoms with E-state index in [0.717, 1.165) is 17.1 Å². The number of hydrogen-bond acceptors (Lipinski definition) is 6. The second-order valence-corrected chi connectivity index (χ2v) is 7.64. The minimum Gasteiger partial charge on any atom is -0.404 e. The molecule has 1 aliphatic heterocycles. The fourth-order valence-electron chi connectivity index (χ4n) is 3.86. The highest BCUT2D eigenvalue weighted by Crippen LogP contribution is 2.45. The van der Waals surface area contributed by atoms with Gasteiger partial charge < -0.3 is 9.73 Å². The Kier molecular flexibility index (Phi) is 3.68. The van der Waals surface area contributed by atoms with Crippen molar-refractivity contribution in [1.29, 1.82) is 0 Å². The van der Waals surface area contributed by atoms with Gasteiger partial charge >= 0.3 is 5.88 Å². The van der Waals surface area contributed by atoms with E-state index >= 15 is 0 Å². The quantitative estimate of drug-likeness (QED) is 0.636. The number of nitrogens with zero attached hydrogens (tertiary/aromatic N) is 2. The molecular formula is C19H19N3O4. The summed E-state index contributed by atoms with van der Waals surface area (Å²) in [4.78, 5) is 28.2. The molecule has 7 nitrogen and oxygen atoms in total. The van der Waals surface area contributed by atoms with Crippen LogP contribution in [0.1, 0.15) is 38.5 Å². The van der Waals surface area contributed by atoms with Crippen molar-refractivity contribution in [1.82, 2.24) is 0 Å². The molecule has 0 spiro atoms. The average molecular weight is 353 g/mol. The SMILES string of the molecule is CC1(C)CC(=O)C2C(=Nc3ccccc3N[C@@H]2c2ccc([N+](=O)[O-])o2)C1. The van der Waals surface area contributed by atoms with Crippen molar-refractivity contribution in [2.24, 2.45) is 16.3 Å². The van der Waals surface area contributed by atoms with Crippen LogP contribution in [0.4, 0.5) is 17.3 Å². The second-order valence-electron chi connectivity index (χ2n) is 7.64. The Morgan fingerprint density at radius 1 is 1.23 bits per heavy atom. The predicted molar refractivity (Wildman–Crippen MR) is 96.8 cm³/mol. The Labute approximate surface area is 150 Å². The molecule has 2 heterocycles. The normalized spacial score (nSPS) is 23.9. The van der Waals surface area contributed by atoms with Crippen LogP contribution in [-0.4, -0.2) is 16.4 Å². The number of nitro groups is 1. The Hall–Kier alpha value is -2.96. The van der Waals surface area contributed by atoms with Gasteiger partial charge in [0, 0.05) is 12.1 Å². The van der Waals surface area contributed by atoms with Crippen LogP contribution >= 0.6 is 0 Å². The molecule has 26 heavy (non-hydrogen) atoms. The zero-order valence-electron chi connectivity index (χ0n) is 14.6. The molecule has 2 aromatic rings. The number of ketones is 1. The van der Waals surface area contributed by atoms with E-state index in [1.54, 1.807) is 6.07 Å². The molecule has 0 amide bonds. The molecule has 1 aromatic carbocycles. The molecule has 1 unspecified atom stereocenters. The van der Waals surface area contributed by atoms with Crippen molar-refractivity contribution in [2.75, 3.05) is 5.32 Å². The highest BCUT2D eigenvalue weighted by Gasteiger charge is 2.45. The maximum Gasteiger partial charge on any atom is 0.433 e. The number of carbonyl (C=O) groups excluding carboxylic acids is 1. The van der Waals surface area contributed by atoms with E-state index in [0.29, 0.717) is 18.6 Å². The Morgan fingerprint density at radius 3 is 2.73 bits per heavy atom. The minimum atomic E-state index is -0.574. The number of fused-ring (bicyclic) bond motifs is 2. The predicted octanol–water partition coefficient (Wildman–Crippen LogP) is 4.43. The van der Waals surface area contributed by atoms with Gasteiger partial charge in [-0.2, -0.15) is 0 Å². The largest absolute Gasteiger partial charge is 0.433 e. The van der Waals surface area contributed by atoms with E-state index in [4.69, 9.17) is 9.41 Å². The van der Waals surface area contributed by atoms with Crippen LogP contribution in [0, 0.1) is 21.4 Å². The summed E-state index contributed by atoms with van der Waals surface area (Å²) in [6.07, 6.45) is 1.13. The summed E-state index contributed by atoms with van der Waals surface area (Å²) in [6, 6.07) is 9.93. The van der Waals surface area contributed by atoms with Gasteiger partial charge in [-0.25, -0.2) is 0 Å². The molecule has 1 N–H and O–H groups in total. The molecule has 134 valence electrons.